The van der Waals surface area contributed by atoms with Gasteiger partial charge in [0.25, 0.3) is 11.8 Å². The zero-order chi connectivity index (χ0) is 27.5. The molecule has 8 nitrogen and oxygen atoms in total. The van der Waals surface area contributed by atoms with Crippen molar-refractivity contribution in [1.29, 1.82) is 0 Å². The maximum atomic E-state index is 12.9. The molecule has 5 rings (SSSR count). The summed E-state index contributed by atoms with van der Waals surface area (Å²) in [6.07, 6.45) is 4.44. The minimum atomic E-state index is -0.426. The molecular weight excluding hydrogens is 537 g/mol. The molecule has 200 valence electrons. The molecule has 2 amide bonds. The molecule has 10 heteroatoms. The number of carbonyl (C=O) groups is 2. The Morgan fingerprint density at radius 1 is 1.03 bits per heavy atom. The van der Waals surface area contributed by atoms with E-state index in [-0.39, 0.29) is 13.2 Å². The Morgan fingerprint density at radius 2 is 1.77 bits per heavy atom. The molecule has 0 spiro atoms. The Balaban J connectivity index is 1.47. The van der Waals surface area contributed by atoms with Crippen LogP contribution in [0.2, 0.25) is 10.2 Å². The molecule has 2 heterocycles. The first-order valence-corrected chi connectivity index (χ1v) is 13.5. The second kappa shape index (κ2) is 11.6. The van der Waals surface area contributed by atoms with Crippen LogP contribution in [0.3, 0.4) is 0 Å². The fourth-order valence-corrected chi connectivity index (χ4v) is 5.16. The van der Waals surface area contributed by atoms with Crippen molar-refractivity contribution in [3.05, 3.63) is 93.0 Å². The highest BCUT2D eigenvalue weighted by Gasteiger charge is 2.32. The van der Waals surface area contributed by atoms with E-state index in [1.807, 2.05) is 30.3 Å². The molecule has 3 aromatic carbocycles. The van der Waals surface area contributed by atoms with E-state index in [2.05, 4.69) is 27.0 Å². The molecule has 0 aliphatic carbocycles. The number of hydrogen-bond acceptors (Lipinski definition) is 6. The van der Waals surface area contributed by atoms with Gasteiger partial charge in [-0.05, 0) is 42.3 Å². The lowest BCUT2D eigenvalue weighted by Crippen LogP contribution is -2.41. The summed E-state index contributed by atoms with van der Waals surface area (Å²) in [5.41, 5.74) is 6.23. The van der Waals surface area contributed by atoms with Gasteiger partial charge in [0, 0.05) is 39.9 Å². The molecule has 2 N–H and O–H groups in total. The van der Waals surface area contributed by atoms with Crippen molar-refractivity contribution < 1.29 is 14.7 Å². The van der Waals surface area contributed by atoms with Crippen LogP contribution in [0.25, 0.3) is 10.8 Å². The van der Waals surface area contributed by atoms with Gasteiger partial charge in [0.05, 0.1) is 25.1 Å². The molecule has 0 bridgehead atoms. The number of halogens is 2. The number of hydrazone groups is 1. The first-order chi connectivity index (χ1) is 18.9. The molecule has 1 aliphatic heterocycles. The van der Waals surface area contributed by atoms with Crippen molar-refractivity contribution in [3.8, 4) is 0 Å². The number of imide groups is 1. The molecule has 0 atom stereocenters. The van der Waals surface area contributed by atoms with Crippen molar-refractivity contribution in [2.45, 2.75) is 32.7 Å². The Bertz CT molecular complexity index is 1560. The summed E-state index contributed by atoms with van der Waals surface area (Å²) in [6, 6.07) is 16.4. The van der Waals surface area contributed by atoms with Gasteiger partial charge in [-0.1, -0.05) is 60.8 Å². The van der Waals surface area contributed by atoms with Gasteiger partial charge in [-0.15, -0.1) is 0 Å². The van der Waals surface area contributed by atoms with Gasteiger partial charge in [-0.2, -0.15) is 5.10 Å². The number of rotatable bonds is 10. The maximum absolute atomic E-state index is 12.9. The van der Waals surface area contributed by atoms with E-state index >= 15 is 0 Å². The molecule has 0 unspecified atom stereocenters. The lowest BCUT2D eigenvalue weighted by molar-refractivity contribution is 0.0580. The van der Waals surface area contributed by atoms with Crippen LogP contribution < -0.4 is 5.43 Å². The third-order valence-electron chi connectivity index (χ3n) is 6.74. The number of aliphatic hydroxyl groups excluding tert-OH is 1. The van der Waals surface area contributed by atoms with Gasteiger partial charge < -0.3 is 9.67 Å². The van der Waals surface area contributed by atoms with Crippen LogP contribution in [-0.4, -0.2) is 50.7 Å². The second-order valence-electron chi connectivity index (χ2n) is 9.26. The van der Waals surface area contributed by atoms with Crippen molar-refractivity contribution >= 4 is 57.7 Å². The van der Waals surface area contributed by atoms with Crippen molar-refractivity contribution in [1.82, 2.24) is 14.5 Å². The predicted octanol–water partition coefficient (Wildman–Crippen LogP) is 5.77. The van der Waals surface area contributed by atoms with Crippen LogP contribution in [0.5, 0.6) is 0 Å². The average molecular weight is 564 g/mol. The van der Waals surface area contributed by atoms with Crippen LogP contribution >= 0.6 is 23.2 Å². The largest absolute Gasteiger partial charge is 0.395 e. The number of imidazole rings is 1. The topological polar surface area (TPSA) is 99.8 Å². The molecular formula is C29H27Cl2N5O3. The fourth-order valence-electron chi connectivity index (χ4n) is 4.79. The highest BCUT2D eigenvalue weighted by atomic mass is 35.5. The normalized spacial score (nSPS) is 13.2. The third-order valence-corrected chi connectivity index (χ3v) is 7.27. The summed E-state index contributed by atoms with van der Waals surface area (Å²) in [7, 11) is 0. The summed E-state index contributed by atoms with van der Waals surface area (Å²) < 4.78 is 2.05. The Kier molecular flexibility index (Phi) is 7.97. The van der Waals surface area contributed by atoms with E-state index in [4.69, 9.17) is 23.2 Å². The smallest absolute Gasteiger partial charge is 0.261 e. The summed E-state index contributed by atoms with van der Waals surface area (Å²) >= 11 is 12.6. The number of nitrogens with one attached hydrogen (secondary N) is 1. The predicted molar refractivity (Wildman–Crippen MR) is 154 cm³/mol. The lowest BCUT2D eigenvalue weighted by Gasteiger charge is -2.27. The lowest BCUT2D eigenvalue weighted by atomic mass is 9.93. The average Bonchev–Trinajstić information content (AvgIpc) is 3.23. The molecule has 0 saturated heterocycles. The number of hydrogen-bond donors (Lipinski definition) is 2. The first-order valence-electron chi connectivity index (χ1n) is 12.7. The summed E-state index contributed by atoms with van der Waals surface area (Å²) in [5.74, 6) is 0.0277. The van der Waals surface area contributed by atoms with E-state index in [0.29, 0.717) is 50.0 Å². The number of unbranched alkanes of at least 4 members (excludes halogenated alkanes) is 1. The van der Waals surface area contributed by atoms with Gasteiger partial charge in [-0.25, -0.2) is 4.98 Å². The van der Waals surface area contributed by atoms with Crippen LogP contribution in [0.4, 0.5) is 5.69 Å². The van der Waals surface area contributed by atoms with Crippen LogP contribution in [0.1, 0.15) is 57.6 Å². The Labute approximate surface area is 235 Å². The number of amides is 2. The quantitative estimate of drug-likeness (QED) is 0.145. The highest BCUT2D eigenvalue weighted by Crippen LogP contribution is 2.34. The minimum Gasteiger partial charge on any atom is -0.395 e. The van der Waals surface area contributed by atoms with Crippen molar-refractivity contribution in [2.75, 3.05) is 18.6 Å². The molecule has 1 aromatic heterocycles. The number of aryl methyl sites for hydroxylation is 1. The molecule has 0 saturated carbocycles. The van der Waals surface area contributed by atoms with Gasteiger partial charge >= 0.3 is 0 Å². The monoisotopic (exact) mass is 563 g/mol. The Hall–Kier alpha value is -3.72. The zero-order valence-corrected chi connectivity index (χ0v) is 22.8. The number of β-amino-alcohol motifs (C(OH)–C–C–N with tert-alkyl or cyclic N) is 1. The van der Waals surface area contributed by atoms with Crippen LogP contribution in [-0.2, 0) is 13.0 Å². The minimum absolute atomic E-state index is 0.0531. The third kappa shape index (κ3) is 5.28. The zero-order valence-electron chi connectivity index (χ0n) is 21.3. The standard InChI is InChI=1S/C29H27Cl2N5O3/c1-2-3-7-25-33-27(31)24(36(25)17-18-8-10-19(30)11-9-18)16-32-34-23-13-12-22-26-20(23)5-4-6-21(26)28(38)35(14-15-37)29(22)39/h4-6,8-13,16,34,37H,2-3,7,14-15,17H2,1H3/b32-16+. The van der Waals surface area contributed by atoms with E-state index < -0.39 is 11.8 Å². The highest BCUT2D eigenvalue weighted by molar-refractivity contribution is 6.32. The fraction of sp³-hybridized carbons (Fsp3) is 0.241. The van der Waals surface area contributed by atoms with Gasteiger partial charge in [-0.3, -0.25) is 19.9 Å². The van der Waals surface area contributed by atoms with E-state index in [9.17, 15) is 14.7 Å². The van der Waals surface area contributed by atoms with Gasteiger partial charge in [0.1, 0.15) is 11.5 Å². The first kappa shape index (κ1) is 26.9. The van der Waals surface area contributed by atoms with Crippen LogP contribution in [0.15, 0.2) is 59.7 Å². The van der Waals surface area contributed by atoms with E-state index in [0.717, 1.165) is 35.6 Å². The van der Waals surface area contributed by atoms with Crippen LogP contribution in [0, 0.1) is 0 Å². The molecule has 39 heavy (non-hydrogen) atoms. The summed E-state index contributed by atoms with van der Waals surface area (Å²) in [6.45, 7) is 2.34. The number of benzene rings is 3. The van der Waals surface area contributed by atoms with Crippen molar-refractivity contribution in [3.63, 3.8) is 0 Å². The number of carbonyl (C=O) groups excluding carboxylic acids is 2. The maximum Gasteiger partial charge on any atom is 0.261 e. The SMILES string of the molecule is CCCCc1nc(Cl)c(/C=N/Nc2ccc3c4c(cccc24)C(=O)N(CCO)C3=O)n1Cc1ccc(Cl)cc1. The molecule has 0 radical (unpaired) electrons. The molecule has 0 fully saturated rings. The summed E-state index contributed by atoms with van der Waals surface area (Å²) in [5, 5.41) is 16.1. The second-order valence-corrected chi connectivity index (χ2v) is 10.1. The molecule has 1 aliphatic rings. The van der Waals surface area contributed by atoms with E-state index in [1.165, 1.54) is 0 Å². The van der Waals surface area contributed by atoms with Gasteiger partial charge in [0.15, 0.2) is 5.15 Å². The number of aromatic nitrogens is 2. The number of anilines is 1. The van der Waals surface area contributed by atoms with E-state index in [1.54, 1.807) is 30.5 Å². The Morgan fingerprint density at radius 3 is 2.49 bits per heavy atom. The number of nitrogens with zero attached hydrogens (tertiary/aromatic N) is 4. The van der Waals surface area contributed by atoms with Crippen molar-refractivity contribution in [2.24, 2.45) is 5.10 Å². The van der Waals surface area contributed by atoms with Gasteiger partial charge in [0.2, 0.25) is 0 Å². The summed E-state index contributed by atoms with van der Waals surface area (Å²) in [4.78, 5) is 31.6. The molecule has 4 aromatic rings. The number of aliphatic hydroxyl groups is 1.